The van der Waals surface area contributed by atoms with Crippen LogP contribution in [0.25, 0.3) is 0 Å². The van der Waals surface area contributed by atoms with Gasteiger partial charge >= 0.3 is 11.9 Å². The lowest BCUT2D eigenvalue weighted by atomic mass is 10.1. The fourth-order valence-electron chi connectivity index (χ4n) is 4.81. The van der Waals surface area contributed by atoms with Crippen LogP contribution < -0.4 is 0 Å². The van der Waals surface area contributed by atoms with Gasteiger partial charge in [-0.25, -0.2) is 8.61 Å². The van der Waals surface area contributed by atoms with E-state index in [0.717, 1.165) is 47.1 Å². The Morgan fingerprint density at radius 3 is 1.21 bits per heavy atom. The predicted molar refractivity (Wildman–Crippen MR) is 162 cm³/mol. The molecule has 4 amide bonds. The van der Waals surface area contributed by atoms with E-state index in [1.54, 1.807) is 0 Å². The molecule has 10 nitrogen and oxygen atoms in total. The van der Waals surface area contributed by atoms with E-state index in [-0.39, 0.29) is 25.7 Å². The molecular formula is C30H48N2O8S2. The number of ether oxygens (including phenoxy) is 2. The molecule has 2 rings (SSSR count). The SMILES string of the molecule is CCCCCCCCCCC(=O)OC1CC(=O)N(SSN2C(=O)CC(OC(=O)CCCCCCCCCC)C2=O)C1=O. The lowest BCUT2D eigenvalue weighted by Gasteiger charge is -2.17. The summed E-state index contributed by atoms with van der Waals surface area (Å²) in [5.74, 6) is -3.59. The maximum Gasteiger partial charge on any atom is 0.306 e. The monoisotopic (exact) mass is 628 g/mol. The van der Waals surface area contributed by atoms with Gasteiger partial charge in [-0.1, -0.05) is 104 Å². The summed E-state index contributed by atoms with van der Waals surface area (Å²) in [6, 6.07) is 0. The van der Waals surface area contributed by atoms with Crippen molar-refractivity contribution >= 4 is 57.5 Å². The first-order valence-corrected chi connectivity index (χ1v) is 17.8. The van der Waals surface area contributed by atoms with E-state index in [9.17, 15) is 28.8 Å². The van der Waals surface area contributed by atoms with Crippen molar-refractivity contribution in [1.82, 2.24) is 8.61 Å². The number of rotatable bonds is 23. The largest absolute Gasteiger partial charge is 0.452 e. The Hall–Kier alpha value is -2.08. The summed E-state index contributed by atoms with van der Waals surface area (Å²) in [7, 11) is 1.24. The first kappa shape index (κ1) is 36.1. The van der Waals surface area contributed by atoms with Gasteiger partial charge in [0.25, 0.3) is 11.8 Å². The smallest absolute Gasteiger partial charge is 0.306 e. The Morgan fingerprint density at radius 1 is 0.571 bits per heavy atom. The minimum Gasteiger partial charge on any atom is -0.452 e. The molecule has 0 aromatic rings. The topological polar surface area (TPSA) is 127 Å². The number of carbonyl (C=O) groups excluding carboxylic acids is 6. The van der Waals surface area contributed by atoms with E-state index >= 15 is 0 Å². The van der Waals surface area contributed by atoms with E-state index in [1.165, 1.54) is 51.4 Å². The summed E-state index contributed by atoms with van der Waals surface area (Å²) in [4.78, 5) is 74.6. The highest BCUT2D eigenvalue weighted by molar-refractivity contribution is 8.75. The number of hydrogen-bond donors (Lipinski definition) is 0. The molecule has 2 aliphatic heterocycles. The molecule has 2 saturated heterocycles. The van der Waals surface area contributed by atoms with Gasteiger partial charge in [0, 0.05) is 12.8 Å². The highest BCUT2D eigenvalue weighted by atomic mass is 33.1. The van der Waals surface area contributed by atoms with Gasteiger partial charge in [-0.3, -0.25) is 28.8 Å². The van der Waals surface area contributed by atoms with Gasteiger partial charge in [0.15, 0.2) is 12.2 Å². The van der Waals surface area contributed by atoms with Gasteiger partial charge in [0.05, 0.1) is 34.8 Å². The molecule has 2 fully saturated rings. The fourth-order valence-corrected chi connectivity index (χ4v) is 6.98. The molecule has 0 radical (unpaired) electrons. The normalized spacial score (nSPS) is 18.8. The standard InChI is InChI=1S/C30H48N2O8S2/c1-3-5-7-9-11-13-15-17-19-27(35)39-23-21-25(33)31(29(23)37)41-42-32-26(34)22-24(30(32)38)40-28(36)20-18-16-14-12-10-8-6-4-2/h23-24H,3-22H2,1-2H3. The van der Waals surface area contributed by atoms with Crippen LogP contribution >= 0.6 is 22.0 Å². The fraction of sp³-hybridized carbons (Fsp3) is 0.800. The molecule has 238 valence electrons. The average molecular weight is 629 g/mol. The number of nitrogens with zero attached hydrogens (tertiary/aromatic N) is 2. The Labute approximate surface area is 258 Å². The molecular weight excluding hydrogens is 580 g/mol. The lowest BCUT2D eigenvalue weighted by molar-refractivity contribution is -0.155. The van der Waals surface area contributed by atoms with Crippen molar-refractivity contribution in [3.63, 3.8) is 0 Å². The number of unbranched alkanes of at least 4 members (excludes halogenated alkanes) is 14. The maximum atomic E-state index is 12.7. The molecule has 0 bridgehead atoms. The van der Waals surface area contributed by atoms with Gasteiger partial charge in [-0.15, -0.1) is 0 Å². The van der Waals surface area contributed by atoms with E-state index in [4.69, 9.17) is 9.47 Å². The predicted octanol–water partition coefficient (Wildman–Crippen LogP) is 6.60. The highest BCUT2D eigenvalue weighted by Crippen LogP contribution is 2.38. The molecule has 42 heavy (non-hydrogen) atoms. The number of imide groups is 2. The molecule has 0 N–H and O–H groups in total. The van der Waals surface area contributed by atoms with Crippen molar-refractivity contribution < 1.29 is 38.2 Å². The summed E-state index contributed by atoms with van der Waals surface area (Å²) in [6.45, 7) is 4.35. The van der Waals surface area contributed by atoms with Crippen LogP contribution in [0.3, 0.4) is 0 Å². The summed E-state index contributed by atoms with van der Waals surface area (Å²) < 4.78 is 12.1. The van der Waals surface area contributed by atoms with E-state index in [0.29, 0.717) is 34.8 Å². The van der Waals surface area contributed by atoms with Gasteiger partial charge in [-0.05, 0) is 12.8 Å². The van der Waals surface area contributed by atoms with Crippen LogP contribution in [-0.2, 0) is 38.2 Å². The molecule has 0 aromatic heterocycles. The lowest BCUT2D eigenvalue weighted by Crippen LogP contribution is -2.31. The maximum absolute atomic E-state index is 12.7. The average Bonchev–Trinajstić information content (AvgIpc) is 3.37. The van der Waals surface area contributed by atoms with Crippen molar-refractivity contribution in [2.45, 2.75) is 154 Å². The van der Waals surface area contributed by atoms with E-state index < -0.39 is 47.8 Å². The number of esters is 2. The molecule has 2 heterocycles. The zero-order chi connectivity index (χ0) is 30.7. The van der Waals surface area contributed by atoms with Crippen LogP contribution in [0.5, 0.6) is 0 Å². The minimum atomic E-state index is -1.21. The zero-order valence-electron chi connectivity index (χ0n) is 25.3. The molecule has 0 aromatic carbocycles. The van der Waals surface area contributed by atoms with Crippen LogP contribution in [0.15, 0.2) is 0 Å². The third-order valence-corrected chi connectivity index (χ3v) is 9.55. The van der Waals surface area contributed by atoms with Crippen LogP contribution in [0.4, 0.5) is 0 Å². The first-order valence-electron chi connectivity index (χ1n) is 15.8. The molecule has 0 saturated carbocycles. The zero-order valence-corrected chi connectivity index (χ0v) is 26.9. The molecule has 2 unspecified atom stereocenters. The first-order chi connectivity index (χ1) is 20.3. The molecule has 0 aliphatic carbocycles. The number of carbonyl (C=O) groups is 6. The summed E-state index contributed by atoms with van der Waals surface area (Å²) in [6.07, 6.45) is 14.7. The molecule has 12 heteroatoms. The molecule has 2 atom stereocenters. The Morgan fingerprint density at radius 2 is 0.881 bits per heavy atom. The van der Waals surface area contributed by atoms with Crippen molar-refractivity contribution in [2.24, 2.45) is 0 Å². The van der Waals surface area contributed by atoms with Crippen LogP contribution in [0.2, 0.25) is 0 Å². The minimum absolute atomic E-state index is 0.185. The highest BCUT2D eigenvalue weighted by Gasteiger charge is 2.46. The van der Waals surface area contributed by atoms with E-state index in [2.05, 4.69) is 13.8 Å². The van der Waals surface area contributed by atoms with Crippen LogP contribution in [0.1, 0.15) is 142 Å². The number of amides is 4. The van der Waals surface area contributed by atoms with Crippen molar-refractivity contribution in [3.05, 3.63) is 0 Å². The van der Waals surface area contributed by atoms with Crippen LogP contribution in [0, 0.1) is 0 Å². The Kier molecular flexibility index (Phi) is 17.9. The summed E-state index contributed by atoms with van der Waals surface area (Å²) >= 11 is 0. The second-order valence-electron chi connectivity index (χ2n) is 11.0. The van der Waals surface area contributed by atoms with Crippen molar-refractivity contribution in [1.29, 1.82) is 0 Å². The van der Waals surface area contributed by atoms with Gasteiger partial charge in [0.1, 0.15) is 0 Å². The number of hydrogen-bond acceptors (Lipinski definition) is 10. The van der Waals surface area contributed by atoms with Crippen molar-refractivity contribution in [2.75, 3.05) is 0 Å². The van der Waals surface area contributed by atoms with Crippen LogP contribution in [-0.4, -0.2) is 56.4 Å². The van der Waals surface area contributed by atoms with Crippen molar-refractivity contribution in [3.8, 4) is 0 Å². The Bertz CT molecular complexity index is 844. The van der Waals surface area contributed by atoms with E-state index in [1.807, 2.05) is 0 Å². The van der Waals surface area contributed by atoms with Gasteiger partial charge in [0.2, 0.25) is 11.8 Å². The van der Waals surface area contributed by atoms with Gasteiger partial charge < -0.3 is 9.47 Å². The molecule has 0 spiro atoms. The summed E-state index contributed by atoms with van der Waals surface area (Å²) in [5, 5.41) is 0. The molecule has 2 aliphatic rings. The van der Waals surface area contributed by atoms with Gasteiger partial charge in [-0.2, -0.15) is 0 Å². The summed E-state index contributed by atoms with van der Waals surface area (Å²) in [5.41, 5.74) is 0. The third-order valence-electron chi connectivity index (χ3n) is 7.32. The second kappa shape index (κ2) is 20.8. The Balaban J connectivity index is 1.65. The quantitative estimate of drug-likeness (QED) is 0.0401. The second-order valence-corrected chi connectivity index (χ2v) is 12.9. The third kappa shape index (κ3) is 13.1.